The number of benzene rings is 2. The number of aliphatic carboxylic acids is 1. The van der Waals surface area contributed by atoms with E-state index in [-0.39, 0.29) is 35.8 Å². The van der Waals surface area contributed by atoms with Crippen molar-refractivity contribution in [2.45, 2.75) is 231 Å². The molecule has 10 N–H and O–H groups in total. The molecule has 7 fully saturated rings. The highest BCUT2D eigenvalue weighted by molar-refractivity contribution is 5.90. The zero-order chi connectivity index (χ0) is 67.8. The molecule has 27 unspecified atom stereocenters. The van der Waals surface area contributed by atoms with Crippen LogP contribution < -0.4 is 0 Å². The van der Waals surface area contributed by atoms with Gasteiger partial charge >= 0.3 is 29.8 Å². The van der Waals surface area contributed by atoms with Crippen molar-refractivity contribution in [2.75, 3.05) is 19.8 Å². The van der Waals surface area contributed by atoms with Gasteiger partial charge in [0.15, 0.2) is 37.2 Å². The van der Waals surface area contributed by atoms with E-state index >= 15 is 0 Å². The van der Waals surface area contributed by atoms with E-state index in [9.17, 15) is 75.0 Å². The van der Waals surface area contributed by atoms with E-state index < -0.39 is 211 Å². The first kappa shape index (κ1) is 70.7. The van der Waals surface area contributed by atoms with E-state index in [1.54, 1.807) is 48.5 Å². The molecule has 3 aliphatic heterocycles. The number of rotatable bonds is 17. The molecule has 4 saturated carbocycles. The first-order chi connectivity index (χ1) is 43.7. The number of carbonyl (C=O) groups excluding carboxylic acids is 4. The summed E-state index contributed by atoms with van der Waals surface area (Å²) in [5, 5.41) is 112. The minimum Gasteiger partial charge on any atom is -0.479 e. The number of carboxylic acid groups (broad SMARTS) is 1. The van der Waals surface area contributed by atoms with Gasteiger partial charge in [0.25, 0.3) is 0 Å². The van der Waals surface area contributed by atoms with Crippen molar-refractivity contribution < 1.29 is 122 Å². The van der Waals surface area contributed by atoms with Gasteiger partial charge in [-0.25, -0.2) is 14.4 Å². The number of carbonyl (C=O) groups is 5. The van der Waals surface area contributed by atoms with Crippen LogP contribution in [0.3, 0.4) is 0 Å². The molecule has 27 atom stereocenters. The molecule has 3 saturated heterocycles. The van der Waals surface area contributed by atoms with Gasteiger partial charge in [0.05, 0.1) is 54.5 Å². The van der Waals surface area contributed by atoms with Crippen LogP contribution in [0.5, 0.6) is 0 Å². The molecule has 0 radical (unpaired) electrons. The Labute approximate surface area is 540 Å². The zero-order valence-corrected chi connectivity index (χ0v) is 54.3. The lowest BCUT2D eigenvalue weighted by atomic mass is 9.33. The van der Waals surface area contributed by atoms with E-state index in [1.807, 2.05) is 13.8 Å². The van der Waals surface area contributed by atoms with E-state index in [4.69, 9.17) is 47.4 Å². The van der Waals surface area contributed by atoms with Crippen LogP contribution in [0.1, 0.15) is 135 Å². The Morgan fingerprint density at radius 3 is 1.90 bits per heavy atom. The molecule has 516 valence electrons. The molecule has 10 rings (SSSR count). The fraction of sp³-hybridized carbons (Fsp3) is 0.721. The summed E-state index contributed by atoms with van der Waals surface area (Å²) in [6.07, 6.45) is -24.7. The van der Waals surface area contributed by atoms with Gasteiger partial charge in [0.2, 0.25) is 0 Å². The zero-order valence-electron chi connectivity index (χ0n) is 54.3. The second-order valence-corrected chi connectivity index (χ2v) is 29.3. The van der Waals surface area contributed by atoms with Crippen molar-refractivity contribution in [3.8, 4) is 0 Å². The van der Waals surface area contributed by atoms with Crippen molar-refractivity contribution in [3.63, 3.8) is 0 Å². The summed E-state index contributed by atoms with van der Waals surface area (Å²) < 4.78 is 61.1. The molecule has 25 nitrogen and oxygen atoms in total. The molecule has 3 heterocycles. The largest absolute Gasteiger partial charge is 0.479 e. The fourth-order valence-corrected chi connectivity index (χ4v) is 17.9. The second kappa shape index (κ2) is 26.7. The molecule has 0 bridgehead atoms. The lowest BCUT2D eigenvalue weighted by Gasteiger charge is -2.72. The number of aliphatic hydroxyl groups is 9. The standard InChI is InChI=1S/C68H94O25/c1-32(33(2)85-58(82)35-17-13-11-14-18-35)57(81)90-51-40(87-59(83)36-19-15-12-16-20-36)30-84-60(50(51)78)93-54-55(86-34(3)71)68(31-70)38(27-63(54,4)5)37-21-22-42-65(8)25-24-44(64(6,7)41(65)23-26-66(42,9)67(37,10)28-43(68)72)89-62-53(48(76)47(75)52(91-62)56(79)80)92-61-49(77)46(74)45(73)39(29-69)88-61/h11-21,32-33,38-55,60-62,69-70,72-78H,22-31H2,1-10H3,(H,79,80). The lowest BCUT2D eigenvalue weighted by Crippen LogP contribution is -2.73. The normalized spacial score (nSPS) is 43.2. The second-order valence-electron chi connectivity index (χ2n) is 29.3. The van der Waals surface area contributed by atoms with Gasteiger partial charge in [0, 0.05) is 6.92 Å². The van der Waals surface area contributed by atoms with Gasteiger partial charge in [-0.1, -0.05) is 96.5 Å². The summed E-state index contributed by atoms with van der Waals surface area (Å²) in [4.78, 5) is 66.8. The third-order valence-corrected chi connectivity index (χ3v) is 23.4. The van der Waals surface area contributed by atoms with Gasteiger partial charge in [-0.2, -0.15) is 0 Å². The summed E-state index contributed by atoms with van der Waals surface area (Å²) in [6.45, 7) is 17.0. The number of carboxylic acids is 1. The van der Waals surface area contributed by atoms with Gasteiger partial charge in [0.1, 0.15) is 67.1 Å². The van der Waals surface area contributed by atoms with Crippen LogP contribution in [0.2, 0.25) is 0 Å². The first-order valence-electron chi connectivity index (χ1n) is 32.4. The highest BCUT2D eigenvalue weighted by Gasteiger charge is 2.74. The lowest BCUT2D eigenvalue weighted by molar-refractivity contribution is -0.374. The summed E-state index contributed by atoms with van der Waals surface area (Å²) in [5.74, 6) is -6.50. The fourth-order valence-electron chi connectivity index (χ4n) is 17.9. The molecule has 0 spiro atoms. The van der Waals surface area contributed by atoms with Crippen molar-refractivity contribution in [3.05, 3.63) is 83.4 Å². The molecule has 8 aliphatic rings. The van der Waals surface area contributed by atoms with Crippen LogP contribution in [0, 0.1) is 56.2 Å². The molecule has 5 aliphatic carbocycles. The maximum atomic E-state index is 14.1. The predicted molar refractivity (Wildman–Crippen MR) is 322 cm³/mol. The first-order valence-corrected chi connectivity index (χ1v) is 32.4. The van der Waals surface area contributed by atoms with Gasteiger partial charge < -0.3 is 98.4 Å². The third kappa shape index (κ3) is 12.4. The van der Waals surface area contributed by atoms with E-state index in [2.05, 4.69) is 40.7 Å². The Kier molecular flexibility index (Phi) is 20.3. The van der Waals surface area contributed by atoms with Crippen molar-refractivity contribution in [1.82, 2.24) is 0 Å². The van der Waals surface area contributed by atoms with Gasteiger partial charge in [-0.3, -0.25) is 9.59 Å². The smallest absolute Gasteiger partial charge is 0.338 e. The number of hydrogen-bond acceptors (Lipinski definition) is 24. The average Bonchev–Trinajstić information content (AvgIpc) is 0.670. The van der Waals surface area contributed by atoms with Gasteiger partial charge in [-0.15, -0.1) is 0 Å². The summed E-state index contributed by atoms with van der Waals surface area (Å²) >= 11 is 0. The van der Waals surface area contributed by atoms with Crippen LogP contribution in [0.25, 0.3) is 0 Å². The molecule has 0 aromatic heterocycles. The molecular formula is C68H94O25. The summed E-state index contributed by atoms with van der Waals surface area (Å²) in [7, 11) is 0. The number of ether oxygens (including phenoxy) is 10. The Hall–Kier alpha value is -5.07. The highest BCUT2D eigenvalue weighted by atomic mass is 16.8. The van der Waals surface area contributed by atoms with Crippen molar-refractivity contribution >= 4 is 29.8 Å². The molecule has 2 aromatic rings. The molecule has 0 amide bonds. The Morgan fingerprint density at radius 2 is 1.29 bits per heavy atom. The SMILES string of the molecule is CC(=O)OC1C(OC2OCC(OC(=O)c3ccccc3)C(OC(=O)C(C)C(C)OC(=O)c3ccccc3)C2O)C(C)(C)CC2C3=CCC4C5(C)CCC(OC6OC(C(=O)O)C(O)C(O)C6OC6OC(CO)C(O)C(O)C6O)C(C)(C)C5CCC4(C)C3(C)CC(O)C21CO. The predicted octanol–water partition coefficient (Wildman–Crippen LogP) is 3.13. The minimum absolute atomic E-state index is 0.0108. The van der Waals surface area contributed by atoms with Crippen LogP contribution in [-0.4, -0.2) is 217 Å². The number of allylic oxidation sites excluding steroid dienone is 2. The van der Waals surface area contributed by atoms with E-state index in [0.29, 0.717) is 32.1 Å². The number of fused-ring (bicyclic) bond motifs is 7. The Morgan fingerprint density at radius 1 is 0.645 bits per heavy atom. The minimum atomic E-state index is -2.04. The Balaban J connectivity index is 0.904. The average molecular weight is 1310 g/mol. The van der Waals surface area contributed by atoms with Gasteiger partial charge in [-0.05, 0) is 128 Å². The molecule has 2 aromatic carbocycles. The van der Waals surface area contributed by atoms with Crippen LogP contribution in [0.15, 0.2) is 72.3 Å². The maximum Gasteiger partial charge on any atom is 0.338 e. The van der Waals surface area contributed by atoms with E-state index in [1.165, 1.54) is 32.9 Å². The topological polar surface area (TPSA) is 380 Å². The summed E-state index contributed by atoms with van der Waals surface area (Å²) in [5.41, 5.74) is -3.48. The monoisotopic (exact) mass is 1310 g/mol. The number of esters is 4. The molecular weight excluding hydrogens is 1220 g/mol. The van der Waals surface area contributed by atoms with Crippen LogP contribution in [0.4, 0.5) is 0 Å². The highest BCUT2D eigenvalue weighted by Crippen LogP contribution is 2.76. The maximum absolute atomic E-state index is 14.1. The Bertz CT molecular complexity index is 3050. The van der Waals surface area contributed by atoms with Crippen LogP contribution >= 0.6 is 0 Å². The molecule has 93 heavy (non-hydrogen) atoms. The summed E-state index contributed by atoms with van der Waals surface area (Å²) in [6, 6.07) is 16.2. The van der Waals surface area contributed by atoms with Crippen molar-refractivity contribution in [1.29, 1.82) is 0 Å². The van der Waals surface area contributed by atoms with Crippen LogP contribution in [-0.2, 0) is 61.8 Å². The van der Waals surface area contributed by atoms with Crippen molar-refractivity contribution in [2.24, 2.45) is 56.2 Å². The number of hydrogen-bond donors (Lipinski definition) is 10. The molecule has 25 heteroatoms. The number of aliphatic hydroxyl groups excluding tert-OH is 9. The quantitative estimate of drug-likeness (QED) is 0.0471. The van der Waals surface area contributed by atoms with E-state index in [0.717, 1.165) is 5.57 Å². The third-order valence-electron chi connectivity index (χ3n) is 23.4.